The number of fused-ring (bicyclic) bond motifs is 3. The van der Waals surface area contributed by atoms with Crippen molar-refractivity contribution >= 4 is 28.7 Å². The average Bonchev–Trinajstić information content (AvgIpc) is 3.12. The van der Waals surface area contributed by atoms with E-state index in [-0.39, 0.29) is 0 Å². The smallest absolute Gasteiger partial charge is 0.278 e. The molecule has 2 nitrogen and oxygen atoms in total. The predicted molar refractivity (Wildman–Crippen MR) is 130 cm³/mol. The molecular weight excluding hydrogens is 378 g/mol. The van der Waals surface area contributed by atoms with Crippen LogP contribution < -0.4 is 0 Å². The summed E-state index contributed by atoms with van der Waals surface area (Å²) >= 11 is 0. The lowest BCUT2D eigenvalue weighted by Crippen LogP contribution is -2.19. The van der Waals surface area contributed by atoms with Crippen molar-refractivity contribution in [2.75, 3.05) is 0 Å². The fourth-order valence-electron chi connectivity index (χ4n) is 4.63. The van der Waals surface area contributed by atoms with Gasteiger partial charge in [-0.3, -0.25) is 8.99 Å². The zero-order valence-corrected chi connectivity index (χ0v) is 18.6. The Morgan fingerprint density at radius 2 is 1.74 bits per heavy atom. The second kappa shape index (κ2) is 7.31. The van der Waals surface area contributed by atoms with Crippen molar-refractivity contribution in [2.24, 2.45) is 5.92 Å². The van der Waals surface area contributed by atoms with Gasteiger partial charge in [0.25, 0.3) is 11.2 Å². The minimum atomic E-state index is 0.448. The molecule has 4 aromatic rings. The van der Waals surface area contributed by atoms with Crippen molar-refractivity contribution in [1.29, 1.82) is 0 Å². The minimum absolute atomic E-state index is 0.448. The summed E-state index contributed by atoms with van der Waals surface area (Å²) in [6.45, 7) is 13.1. The van der Waals surface area contributed by atoms with E-state index in [0.29, 0.717) is 5.92 Å². The number of benzene rings is 3. The van der Waals surface area contributed by atoms with Gasteiger partial charge in [-0.05, 0) is 46.9 Å². The van der Waals surface area contributed by atoms with E-state index in [0.717, 1.165) is 33.5 Å². The fraction of sp³-hybridized carbons (Fsp3) is 0.172. The lowest BCUT2D eigenvalue weighted by Gasteiger charge is -2.25. The Labute approximate surface area is 183 Å². The molecule has 0 spiro atoms. The second-order valence-electron chi connectivity index (χ2n) is 8.73. The van der Waals surface area contributed by atoms with Gasteiger partial charge in [-0.25, -0.2) is 0 Å². The van der Waals surface area contributed by atoms with Crippen molar-refractivity contribution < 1.29 is 8.99 Å². The van der Waals surface area contributed by atoms with E-state index in [1.54, 1.807) is 0 Å². The maximum Gasteiger partial charge on any atom is 0.278 e. The Kier molecular flexibility index (Phi) is 4.59. The molecule has 0 bridgehead atoms. The molecule has 0 radical (unpaired) electrons. The zero-order chi connectivity index (χ0) is 21.7. The molecule has 0 atom stereocenters. The van der Waals surface area contributed by atoms with Gasteiger partial charge in [0.1, 0.15) is 6.20 Å². The summed E-state index contributed by atoms with van der Waals surface area (Å²) in [6.07, 6.45) is 4.40. The van der Waals surface area contributed by atoms with Gasteiger partial charge < -0.3 is 0 Å². The van der Waals surface area contributed by atoms with E-state index >= 15 is 0 Å². The maximum absolute atomic E-state index is 6.45. The second-order valence-corrected chi connectivity index (χ2v) is 8.73. The lowest BCUT2D eigenvalue weighted by molar-refractivity contribution is -0.419. The van der Waals surface area contributed by atoms with Gasteiger partial charge in [0, 0.05) is 0 Å². The Morgan fingerprint density at radius 3 is 2.48 bits per heavy atom. The van der Waals surface area contributed by atoms with Crippen molar-refractivity contribution in [2.45, 2.75) is 27.7 Å². The van der Waals surface area contributed by atoms with Gasteiger partial charge >= 0.3 is 0 Å². The summed E-state index contributed by atoms with van der Waals surface area (Å²) in [7, 11) is 0. The molecule has 31 heavy (non-hydrogen) atoms. The first-order chi connectivity index (χ1) is 14.9. The topological polar surface area (TPSA) is 14.3 Å². The summed E-state index contributed by atoms with van der Waals surface area (Å²) in [6, 6.07) is 22.4. The molecule has 2 heterocycles. The molecule has 154 valence electrons. The molecule has 1 aliphatic heterocycles. The van der Waals surface area contributed by atoms with E-state index in [4.69, 9.17) is 4.42 Å². The van der Waals surface area contributed by atoms with Crippen LogP contribution in [0.4, 0.5) is 0 Å². The van der Waals surface area contributed by atoms with Crippen LogP contribution in [0, 0.1) is 18.9 Å². The van der Waals surface area contributed by atoms with Crippen LogP contribution in [0.1, 0.15) is 31.9 Å². The van der Waals surface area contributed by atoms with Gasteiger partial charge in [-0.15, -0.1) is 12.1 Å². The number of rotatable bonds is 3. The van der Waals surface area contributed by atoms with Crippen molar-refractivity contribution in [3.63, 3.8) is 0 Å². The summed E-state index contributed by atoms with van der Waals surface area (Å²) in [5, 5.41) is 2.28. The molecule has 5 rings (SSSR count). The van der Waals surface area contributed by atoms with Crippen LogP contribution in [0.5, 0.6) is 0 Å². The SMILES string of the molecule is C=[N+]1C=C(C)C(C(C)C)=C[C-]1c1c(C)ccc2c1[o+][c-]1ccc(-c3ccccc3)cc21. The molecule has 0 amide bonds. The summed E-state index contributed by atoms with van der Waals surface area (Å²) in [5.41, 5.74) is 9.15. The van der Waals surface area contributed by atoms with E-state index < -0.39 is 0 Å². The first kappa shape index (κ1) is 19.4. The van der Waals surface area contributed by atoms with Crippen molar-refractivity contribution in [3.05, 3.63) is 101 Å². The monoisotopic (exact) mass is 405 g/mol. The molecular formula is C29H27NO. The quantitative estimate of drug-likeness (QED) is 0.194. The molecule has 2 heteroatoms. The number of furan rings is 1. The number of allylic oxidation sites excluding steroid dienone is 2. The highest BCUT2D eigenvalue weighted by Crippen LogP contribution is 2.40. The molecule has 0 saturated carbocycles. The van der Waals surface area contributed by atoms with Crippen LogP contribution in [0.25, 0.3) is 33.1 Å². The Hall–Kier alpha value is -3.52. The summed E-state index contributed by atoms with van der Waals surface area (Å²) in [4.78, 5) is 0. The number of hydrogen-bond donors (Lipinski definition) is 0. The molecule has 0 unspecified atom stereocenters. The van der Waals surface area contributed by atoms with E-state index in [9.17, 15) is 0 Å². The van der Waals surface area contributed by atoms with Crippen LogP contribution in [-0.2, 0) is 0 Å². The van der Waals surface area contributed by atoms with Crippen LogP contribution in [-0.4, -0.2) is 11.3 Å². The van der Waals surface area contributed by atoms with Gasteiger partial charge in [0.15, 0.2) is 6.04 Å². The van der Waals surface area contributed by atoms with E-state index in [1.165, 1.54) is 27.8 Å². The third kappa shape index (κ3) is 3.19. The molecule has 1 aliphatic rings. The first-order valence-corrected chi connectivity index (χ1v) is 10.8. The fourth-order valence-corrected chi connectivity index (χ4v) is 4.63. The van der Waals surface area contributed by atoms with Gasteiger partial charge in [-0.2, -0.15) is 0 Å². The normalized spacial score (nSPS) is 14.5. The highest BCUT2D eigenvalue weighted by molar-refractivity contribution is 6.08. The lowest BCUT2D eigenvalue weighted by atomic mass is 9.88. The van der Waals surface area contributed by atoms with Gasteiger partial charge in [0.2, 0.25) is 0 Å². The Morgan fingerprint density at radius 1 is 0.968 bits per heavy atom. The van der Waals surface area contributed by atoms with Crippen molar-refractivity contribution in [3.8, 4) is 11.1 Å². The molecule has 0 N–H and O–H groups in total. The summed E-state index contributed by atoms with van der Waals surface area (Å²) < 4.78 is 8.43. The molecule has 0 aliphatic carbocycles. The van der Waals surface area contributed by atoms with E-state index in [1.807, 2.05) is 10.6 Å². The van der Waals surface area contributed by atoms with Crippen LogP contribution >= 0.6 is 0 Å². The minimum Gasteiger partial charge on any atom is -0.286 e. The van der Waals surface area contributed by atoms with Crippen LogP contribution in [0.3, 0.4) is 0 Å². The molecule has 1 aromatic heterocycles. The number of nitrogens with zero attached hydrogens (tertiary/aromatic N) is 1. The standard InChI is InChI=1S/C29H27NO/c1-18(2)24-16-26(30(5)17-20(24)4)28-19(3)11-13-23-25-15-22(21-9-7-6-8-10-21)12-14-27(25)31-29(23)28/h6-18H,5H2,1-4H3. The molecule has 3 aromatic carbocycles. The van der Waals surface area contributed by atoms with Crippen LogP contribution in [0.15, 0.2) is 88.5 Å². The highest BCUT2D eigenvalue weighted by atomic mass is 16.3. The molecule has 0 saturated heterocycles. The maximum atomic E-state index is 6.45. The average molecular weight is 406 g/mol. The van der Waals surface area contributed by atoms with Gasteiger partial charge in [-0.1, -0.05) is 79.9 Å². The van der Waals surface area contributed by atoms with Crippen molar-refractivity contribution in [1.82, 2.24) is 0 Å². The van der Waals surface area contributed by atoms with Gasteiger partial charge in [0.05, 0.1) is 12.3 Å². The van der Waals surface area contributed by atoms with E-state index in [2.05, 4.69) is 101 Å². The Balaban J connectivity index is 1.73. The van der Waals surface area contributed by atoms with Crippen LogP contribution in [0.2, 0.25) is 0 Å². The third-order valence-electron chi connectivity index (χ3n) is 6.24. The molecule has 0 fully saturated rings. The number of hydrogen-bond acceptors (Lipinski definition) is 0. The summed E-state index contributed by atoms with van der Waals surface area (Å²) in [5.74, 6) is 0.448. The Bertz CT molecular complexity index is 1380. The zero-order valence-electron chi connectivity index (χ0n) is 18.6. The predicted octanol–water partition coefficient (Wildman–Crippen LogP) is 7.65. The first-order valence-electron chi connectivity index (χ1n) is 10.8. The largest absolute Gasteiger partial charge is 0.286 e. The third-order valence-corrected chi connectivity index (χ3v) is 6.24. The number of aryl methyl sites for hydroxylation is 1. The highest BCUT2D eigenvalue weighted by Gasteiger charge is 2.28.